The highest BCUT2D eigenvalue weighted by atomic mass is 31.2. The first-order valence-electron chi connectivity index (χ1n) is 19.8. The van der Waals surface area contributed by atoms with Gasteiger partial charge in [0.05, 0.1) is 11.4 Å². The molecule has 27 heteroatoms. The van der Waals surface area contributed by atoms with Crippen LogP contribution in [-0.2, 0) is 18.3 Å². The Balaban J connectivity index is 1.09. The minimum atomic E-state index is -5.41. The summed E-state index contributed by atoms with van der Waals surface area (Å²) in [5.41, 5.74) is 0.500. The van der Waals surface area contributed by atoms with Crippen LogP contribution in [0, 0.1) is 13.8 Å². The van der Waals surface area contributed by atoms with Gasteiger partial charge in [-0.15, -0.1) is 0 Å². The van der Waals surface area contributed by atoms with Crippen molar-refractivity contribution in [3.05, 3.63) is 155 Å². The van der Waals surface area contributed by atoms with Gasteiger partial charge in [-0.1, -0.05) is 24.3 Å². The molecular weight excluding hydrogens is 996 g/mol. The number of benzene rings is 6. The molecule has 0 heterocycles. The number of nitrogens with one attached hydrogen (secondary N) is 6. The summed E-state index contributed by atoms with van der Waals surface area (Å²) >= 11 is 0. The Morgan fingerprint density at radius 3 is 1.04 bits per heavy atom. The molecule has 0 saturated carbocycles. The summed E-state index contributed by atoms with van der Waals surface area (Å²) in [6.07, 6.45) is 0. The van der Waals surface area contributed by atoms with E-state index in [-0.39, 0.29) is 45.0 Å². The van der Waals surface area contributed by atoms with Crippen molar-refractivity contribution < 1.29 is 81.4 Å². The molecule has 0 radical (unpaired) electrons. The lowest BCUT2D eigenvalue weighted by Gasteiger charge is -2.23. The summed E-state index contributed by atoms with van der Waals surface area (Å²) in [7, 11) is -21.2. The van der Waals surface area contributed by atoms with Gasteiger partial charge in [0.25, 0.3) is 23.6 Å². The number of hydrogen-bond acceptors (Lipinski definition) is 13. The van der Waals surface area contributed by atoms with E-state index in [9.17, 15) is 81.4 Å². The second kappa shape index (κ2) is 20.6. The van der Waals surface area contributed by atoms with E-state index in [1.54, 1.807) is 13.8 Å². The fraction of sp³-hybridized carbons (Fsp3) is 0.0465. The third-order valence-corrected chi connectivity index (χ3v) is 13.8. The van der Waals surface area contributed by atoms with Crippen molar-refractivity contribution in [1.82, 2.24) is 0 Å². The van der Waals surface area contributed by atoms with E-state index in [0.29, 0.717) is 23.3 Å². The predicted octanol–water partition coefficient (Wildman–Crippen LogP) is 1.64. The molecule has 0 spiro atoms. The molecule has 6 aromatic rings. The fourth-order valence-corrected chi connectivity index (χ4v) is 9.20. The molecule has 0 aromatic heterocycles. The molecular formula is C43H36N6O17P4-4. The van der Waals surface area contributed by atoms with Crippen LogP contribution in [-0.4, -0.2) is 49.2 Å². The number of urea groups is 1. The Morgan fingerprint density at radius 1 is 0.386 bits per heavy atom. The molecule has 6 amide bonds. The van der Waals surface area contributed by atoms with E-state index < -0.39 is 92.6 Å². The first-order valence-corrected chi connectivity index (χ1v) is 26.1. The summed E-state index contributed by atoms with van der Waals surface area (Å²) < 4.78 is 47.1. The minimum Gasteiger partial charge on any atom is -0.775 e. The second-order valence-electron chi connectivity index (χ2n) is 15.1. The van der Waals surface area contributed by atoms with Gasteiger partial charge in [0.2, 0.25) is 0 Å². The van der Waals surface area contributed by atoms with Crippen molar-refractivity contribution in [2.45, 2.75) is 13.8 Å². The molecule has 0 aliphatic heterocycles. The molecule has 0 fully saturated rings. The molecule has 0 aliphatic carbocycles. The Morgan fingerprint density at radius 2 is 0.714 bits per heavy atom. The van der Waals surface area contributed by atoms with Gasteiger partial charge < -0.3 is 89.3 Å². The molecule has 0 bridgehead atoms. The fourth-order valence-electron chi connectivity index (χ4n) is 6.41. The summed E-state index contributed by atoms with van der Waals surface area (Å²) in [5.74, 6) is -3.20. The quantitative estimate of drug-likeness (QED) is 0.0693. The zero-order valence-corrected chi connectivity index (χ0v) is 39.5. The summed E-state index contributed by atoms with van der Waals surface area (Å²) in [4.78, 5) is 151. The van der Waals surface area contributed by atoms with E-state index in [4.69, 9.17) is 0 Å². The van der Waals surface area contributed by atoms with Crippen molar-refractivity contribution >= 4 is 115 Å². The highest BCUT2D eigenvalue weighted by Gasteiger charge is 2.22. The molecule has 0 aliphatic rings. The zero-order chi connectivity index (χ0) is 51.5. The number of rotatable bonds is 14. The molecule has 23 nitrogen and oxygen atoms in total. The van der Waals surface area contributed by atoms with Gasteiger partial charge in [-0.2, -0.15) is 0 Å². The maximum absolute atomic E-state index is 13.4. The van der Waals surface area contributed by atoms with Gasteiger partial charge >= 0.3 is 6.03 Å². The van der Waals surface area contributed by atoms with Gasteiger partial charge in [-0.25, -0.2) is 4.79 Å². The lowest BCUT2D eigenvalue weighted by Crippen LogP contribution is -2.27. The molecule has 0 saturated heterocycles. The van der Waals surface area contributed by atoms with Crippen LogP contribution in [0.25, 0.3) is 0 Å². The van der Waals surface area contributed by atoms with Crippen LogP contribution in [0.2, 0.25) is 0 Å². The van der Waals surface area contributed by atoms with Crippen LogP contribution in [0.5, 0.6) is 0 Å². The second-order valence-corrected chi connectivity index (χ2v) is 21.3. The van der Waals surface area contributed by atoms with Crippen molar-refractivity contribution in [1.29, 1.82) is 0 Å². The maximum Gasteiger partial charge on any atom is 0.323 e. The minimum absolute atomic E-state index is 0.0544. The number of carbonyl (C=O) groups is 5. The van der Waals surface area contributed by atoms with Crippen LogP contribution < -0.4 is 72.7 Å². The van der Waals surface area contributed by atoms with Gasteiger partial charge in [-0.05, 0) is 122 Å². The third-order valence-electron chi connectivity index (χ3n) is 9.98. The normalized spacial score (nSPS) is 14.5. The lowest BCUT2D eigenvalue weighted by atomic mass is 10.1. The Bertz CT molecular complexity index is 3110. The molecule has 6 rings (SSSR count). The molecule has 4 unspecified atom stereocenters. The monoisotopic (exact) mass is 1030 g/mol. The standard InChI is InChI=1S/C43H40N6O17P4/c1-23-9-11-27(41(52)46-33-15-13-31(67(55,56)57)21-37(33)69(61,62)63)19-35(23)48-39(50)25-5-3-7-29(17-25)44-43(54)45-30-8-4-6-26(18-30)40(51)49-36-20-28(12-10-24(36)2)42(53)47-34-16-14-32(68(58,59)60)22-38(34)70(64,65)66/h3-22H,1-2H3,(H,46,52)(H,47,53)(H,48,50)(H,49,51)(H2,44,45,54)(H2,55,56,57)(H2,58,59,60)(H2,61,62,63)(H2,64,65,66)/p-4. The third kappa shape index (κ3) is 13.2. The van der Waals surface area contributed by atoms with Crippen LogP contribution >= 0.6 is 30.4 Å². The molecule has 70 heavy (non-hydrogen) atoms. The summed E-state index contributed by atoms with van der Waals surface area (Å²) in [6.45, 7) is 3.23. The summed E-state index contributed by atoms with van der Waals surface area (Å²) in [6, 6.07) is 23.1. The SMILES string of the molecule is Cc1ccc(C(=O)Nc2ccc(P(=O)([O-])O)cc2P(=O)([O-])O)cc1NC(=O)c1cccc(NC(=O)Nc2cccc(C(=O)Nc3cc(C(=O)Nc4ccc(P(=O)([O-])O)cc4P(=O)([O-])O)ccc3C)c2)c1. The number of anilines is 6. The molecule has 6 aromatic carbocycles. The number of aryl methyl sites for hydroxylation is 2. The summed E-state index contributed by atoms with van der Waals surface area (Å²) in [5, 5.41) is 11.3. The number of hydrogen-bond donors (Lipinski definition) is 10. The van der Waals surface area contributed by atoms with E-state index >= 15 is 0 Å². The number of carbonyl (C=O) groups excluding carboxylic acids is 5. The maximum atomic E-state index is 13.4. The average molecular weight is 1030 g/mol. The molecule has 4 atom stereocenters. The van der Waals surface area contributed by atoms with Gasteiger partial charge in [0.1, 0.15) is 0 Å². The lowest BCUT2D eigenvalue weighted by molar-refractivity contribution is -0.190. The first kappa shape index (κ1) is 52.4. The van der Waals surface area contributed by atoms with Crippen molar-refractivity contribution in [3.8, 4) is 0 Å². The average Bonchev–Trinajstić information content (AvgIpc) is 3.26. The van der Waals surface area contributed by atoms with E-state index in [1.165, 1.54) is 84.9 Å². The number of amides is 6. The largest absolute Gasteiger partial charge is 0.775 e. The highest BCUT2D eigenvalue weighted by molar-refractivity contribution is 7.61. The Labute approximate surface area is 396 Å². The smallest absolute Gasteiger partial charge is 0.323 e. The van der Waals surface area contributed by atoms with E-state index in [0.717, 1.165) is 24.3 Å². The first-order chi connectivity index (χ1) is 32.6. The highest BCUT2D eigenvalue weighted by Crippen LogP contribution is 2.37. The van der Waals surface area contributed by atoms with Crippen molar-refractivity contribution in [2.75, 3.05) is 31.9 Å². The Kier molecular flexibility index (Phi) is 15.4. The molecule has 364 valence electrons. The van der Waals surface area contributed by atoms with Crippen LogP contribution in [0.1, 0.15) is 52.6 Å². The molecule has 10 N–H and O–H groups in total. The van der Waals surface area contributed by atoms with Crippen LogP contribution in [0.4, 0.5) is 38.9 Å². The van der Waals surface area contributed by atoms with Crippen LogP contribution in [0.15, 0.2) is 121 Å². The zero-order valence-electron chi connectivity index (χ0n) is 35.9. The van der Waals surface area contributed by atoms with Crippen molar-refractivity contribution in [3.63, 3.8) is 0 Å². The van der Waals surface area contributed by atoms with Crippen LogP contribution in [0.3, 0.4) is 0 Å². The van der Waals surface area contributed by atoms with E-state index in [1.807, 2.05) is 0 Å². The topological polar surface area (TPSA) is 399 Å². The van der Waals surface area contributed by atoms with Gasteiger partial charge in [-0.3, -0.25) is 19.2 Å². The van der Waals surface area contributed by atoms with Crippen molar-refractivity contribution in [2.24, 2.45) is 0 Å². The van der Waals surface area contributed by atoms with E-state index in [2.05, 4.69) is 31.9 Å². The predicted molar refractivity (Wildman–Crippen MR) is 250 cm³/mol. The Hall–Kier alpha value is -6.93. The van der Waals surface area contributed by atoms with Gasteiger partial charge in [0, 0.05) is 66.2 Å². The van der Waals surface area contributed by atoms with Gasteiger partial charge in [0.15, 0.2) is 30.4 Å².